The van der Waals surface area contributed by atoms with Gasteiger partial charge in [-0.2, -0.15) is 0 Å². The molecule has 0 aliphatic carbocycles. The third-order valence-electron chi connectivity index (χ3n) is 2.27. The van der Waals surface area contributed by atoms with Crippen LogP contribution in [0.2, 0.25) is 0 Å². The minimum atomic E-state index is -1.10. The van der Waals surface area contributed by atoms with Gasteiger partial charge in [-0.1, -0.05) is 6.42 Å². The van der Waals surface area contributed by atoms with Crippen molar-refractivity contribution in [3.8, 4) is 0 Å². The molecule has 0 amide bonds. The summed E-state index contributed by atoms with van der Waals surface area (Å²) >= 11 is 0. The van der Waals surface area contributed by atoms with E-state index >= 15 is 0 Å². The fourth-order valence-corrected chi connectivity index (χ4v) is 1.42. The van der Waals surface area contributed by atoms with Gasteiger partial charge in [0, 0.05) is 0 Å². The smallest absolute Gasteiger partial charge is 0.320 e. The molecule has 0 fully saturated rings. The number of aliphatic carboxylic acids is 3. The number of unbranched alkanes of at least 4 members (excludes halogenated alkanes) is 1. The van der Waals surface area contributed by atoms with Crippen LogP contribution < -0.4 is 5.73 Å². The summed E-state index contributed by atoms with van der Waals surface area (Å²) in [6, 6.07) is -0.933. The number of carboxylic acid groups (broad SMARTS) is 3. The number of nitrogens with zero attached hydrogens (tertiary/aromatic N) is 1. The van der Waals surface area contributed by atoms with Crippen LogP contribution in [0.3, 0.4) is 0 Å². The van der Waals surface area contributed by atoms with Crippen LogP contribution in [-0.4, -0.2) is 63.8 Å². The van der Waals surface area contributed by atoms with Gasteiger partial charge in [0.05, 0.1) is 13.1 Å². The average molecular weight is 262 g/mol. The number of rotatable bonds is 10. The van der Waals surface area contributed by atoms with Crippen molar-refractivity contribution >= 4 is 17.9 Å². The van der Waals surface area contributed by atoms with Crippen LogP contribution in [-0.2, 0) is 14.4 Å². The molecule has 0 heterocycles. The van der Waals surface area contributed by atoms with Crippen molar-refractivity contribution in [3.05, 3.63) is 0 Å². The molecular formula is C10H18N2O6. The van der Waals surface area contributed by atoms with E-state index in [4.69, 9.17) is 21.1 Å². The molecule has 0 aliphatic rings. The Kier molecular flexibility index (Phi) is 7.64. The highest BCUT2D eigenvalue weighted by molar-refractivity contribution is 5.73. The summed E-state index contributed by atoms with van der Waals surface area (Å²) in [5.74, 6) is -3.28. The third-order valence-corrected chi connectivity index (χ3v) is 2.27. The molecule has 0 saturated heterocycles. The van der Waals surface area contributed by atoms with Gasteiger partial charge >= 0.3 is 17.9 Å². The SMILES string of the molecule is N[C@@H](CCCCN(CC(=O)O)CC(=O)O)C(=O)O. The molecule has 0 aliphatic heterocycles. The van der Waals surface area contributed by atoms with Gasteiger partial charge in [-0.15, -0.1) is 0 Å². The number of hydrogen-bond acceptors (Lipinski definition) is 5. The molecule has 18 heavy (non-hydrogen) atoms. The third kappa shape index (κ3) is 8.48. The van der Waals surface area contributed by atoms with Gasteiger partial charge in [-0.3, -0.25) is 19.3 Å². The first-order valence-electron chi connectivity index (χ1n) is 5.47. The van der Waals surface area contributed by atoms with E-state index in [0.717, 1.165) is 0 Å². The Morgan fingerprint density at radius 2 is 1.50 bits per heavy atom. The van der Waals surface area contributed by atoms with E-state index < -0.39 is 23.9 Å². The molecule has 0 rings (SSSR count). The van der Waals surface area contributed by atoms with Gasteiger partial charge in [0.1, 0.15) is 6.04 Å². The largest absolute Gasteiger partial charge is 0.480 e. The summed E-state index contributed by atoms with van der Waals surface area (Å²) in [5, 5.41) is 25.7. The molecule has 5 N–H and O–H groups in total. The molecule has 0 aromatic heterocycles. The lowest BCUT2D eigenvalue weighted by atomic mass is 10.1. The number of hydrogen-bond donors (Lipinski definition) is 4. The van der Waals surface area contributed by atoms with E-state index in [1.165, 1.54) is 4.90 Å². The number of carboxylic acids is 3. The Bertz CT molecular complexity index is 291. The van der Waals surface area contributed by atoms with Crippen molar-refractivity contribution < 1.29 is 29.7 Å². The van der Waals surface area contributed by atoms with Crippen LogP contribution in [0.15, 0.2) is 0 Å². The normalized spacial score (nSPS) is 12.3. The van der Waals surface area contributed by atoms with E-state index in [1.54, 1.807) is 0 Å². The van der Waals surface area contributed by atoms with Crippen molar-refractivity contribution in [2.24, 2.45) is 5.73 Å². The minimum absolute atomic E-state index is 0.281. The van der Waals surface area contributed by atoms with Crippen LogP contribution >= 0.6 is 0 Å². The fraction of sp³-hybridized carbons (Fsp3) is 0.700. The average Bonchev–Trinajstić information content (AvgIpc) is 2.21. The van der Waals surface area contributed by atoms with Gasteiger partial charge in [-0.25, -0.2) is 0 Å². The fourth-order valence-electron chi connectivity index (χ4n) is 1.42. The van der Waals surface area contributed by atoms with Crippen molar-refractivity contribution in [3.63, 3.8) is 0 Å². The molecule has 8 heteroatoms. The van der Waals surface area contributed by atoms with Crippen LogP contribution in [0.25, 0.3) is 0 Å². The summed E-state index contributed by atoms with van der Waals surface area (Å²) in [7, 11) is 0. The molecule has 0 unspecified atom stereocenters. The summed E-state index contributed by atoms with van der Waals surface area (Å²) in [6.45, 7) is -0.417. The quantitative estimate of drug-likeness (QED) is 0.369. The maximum Gasteiger partial charge on any atom is 0.320 e. The topological polar surface area (TPSA) is 141 Å². The Balaban J connectivity index is 3.92. The zero-order chi connectivity index (χ0) is 14.1. The first-order chi connectivity index (χ1) is 8.32. The zero-order valence-electron chi connectivity index (χ0n) is 9.91. The zero-order valence-corrected chi connectivity index (χ0v) is 9.91. The molecule has 104 valence electrons. The molecule has 0 bridgehead atoms. The van der Waals surface area contributed by atoms with Gasteiger partial charge in [0.25, 0.3) is 0 Å². The highest BCUT2D eigenvalue weighted by atomic mass is 16.4. The minimum Gasteiger partial charge on any atom is -0.480 e. The molecule has 0 aromatic carbocycles. The molecule has 0 aromatic rings. The van der Waals surface area contributed by atoms with Crippen LogP contribution in [0, 0.1) is 0 Å². The second-order valence-electron chi connectivity index (χ2n) is 3.94. The van der Waals surface area contributed by atoms with E-state index in [1.807, 2.05) is 0 Å². The number of nitrogens with two attached hydrogens (primary N) is 1. The molecular weight excluding hydrogens is 244 g/mol. The van der Waals surface area contributed by atoms with E-state index in [0.29, 0.717) is 12.8 Å². The summed E-state index contributed by atoms with van der Waals surface area (Å²) in [5.41, 5.74) is 5.29. The van der Waals surface area contributed by atoms with E-state index in [9.17, 15) is 14.4 Å². The molecule has 8 nitrogen and oxygen atoms in total. The summed E-state index contributed by atoms with van der Waals surface area (Å²) in [6.07, 6.45) is 1.29. The maximum atomic E-state index is 10.5. The number of carbonyl (C=O) groups is 3. The van der Waals surface area contributed by atoms with Gasteiger partial charge in [0.2, 0.25) is 0 Å². The second kappa shape index (κ2) is 8.43. The van der Waals surface area contributed by atoms with Gasteiger partial charge in [-0.05, 0) is 19.4 Å². The van der Waals surface area contributed by atoms with Crippen molar-refractivity contribution in [2.45, 2.75) is 25.3 Å². The monoisotopic (exact) mass is 262 g/mol. The Morgan fingerprint density at radius 1 is 1.00 bits per heavy atom. The van der Waals surface area contributed by atoms with Crippen molar-refractivity contribution in [1.29, 1.82) is 0 Å². The molecule has 0 saturated carbocycles. The van der Waals surface area contributed by atoms with Gasteiger partial charge < -0.3 is 21.1 Å². The first kappa shape index (κ1) is 16.3. The predicted molar refractivity (Wildman–Crippen MR) is 61.2 cm³/mol. The maximum absolute atomic E-state index is 10.5. The summed E-state index contributed by atoms with van der Waals surface area (Å²) in [4.78, 5) is 32.7. The Morgan fingerprint density at radius 3 is 1.89 bits per heavy atom. The van der Waals surface area contributed by atoms with Crippen LogP contribution in [0.5, 0.6) is 0 Å². The Labute approximate surface area is 104 Å². The lowest BCUT2D eigenvalue weighted by molar-refractivity contribution is -0.142. The highest BCUT2D eigenvalue weighted by Crippen LogP contribution is 2.02. The summed E-state index contributed by atoms with van der Waals surface area (Å²) < 4.78 is 0. The first-order valence-corrected chi connectivity index (χ1v) is 5.47. The van der Waals surface area contributed by atoms with E-state index in [2.05, 4.69) is 0 Å². The van der Waals surface area contributed by atoms with Crippen molar-refractivity contribution in [1.82, 2.24) is 4.90 Å². The predicted octanol–water partition coefficient (Wildman–Crippen LogP) is -0.960. The molecule has 1 atom stereocenters. The lowest BCUT2D eigenvalue weighted by Gasteiger charge is -2.17. The van der Waals surface area contributed by atoms with Gasteiger partial charge in [0.15, 0.2) is 0 Å². The lowest BCUT2D eigenvalue weighted by Crippen LogP contribution is -2.35. The van der Waals surface area contributed by atoms with Crippen molar-refractivity contribution in [2.75, 3.05) is 19.6 Å². The molecule has 0 radical (unpaired) electrons. The van der Waals surface area contributed by atoms with Crippen LogP contribution in [0.1, 0.15) is 19.3 Å². The van der Waals surface area contributed by atoms with Crippen LogP contribution in [0.4, 0.5) is 0 Å². The second-order valence-corrected chi connectivity index (χ2v) is 3.94. The highest BCUT2D eigenvalue weighted by Gasteiger charge is 2.14. The van der Waals surface area contributed by atoms with E-state index in [-0.39, 0.29) is 26.1 Å². The standard InChI is InChI=1S/C10H18N2O6/c11-7(10(17)18)3-1-2-4-12(5-8(13)14)6-9(15)16/h7H,1-6,11H2,(H,13,14)(H,15,16)(H,17,18)/t7-/m0/s1. The Hall–Kier alpha value is -1.67. The molecule has 0 spiro atoms.